The summed E-state index contributed by atoms with van der Waals surface area (Å²) in [6.07, 6.45) is 0. The number of benzene rings is 1. The summed E-state index contributed by atoms with van der Waals surface area (Å²) in [4.78, 5) is 34.4. The number of ketones is 1. The highest BCUT2D eigenvalue weighted by atomic mass is 16.5. The third-order valence-corrected chi connectivity index (χ3v) is 2.40. The highest BCUT2D eigenvalue weighted by molar-refractivity contribution is 6.10. The molecule has 0 heterocycles. The molecule has 0 spiro atoms. The van der Waals surface area contributed by atoms with E-state index in [0.29, 0.717) is 5.69 Å². The van der Waals surface area contributed by atoms with Crippen molar-refractivity contribution in [3.63, 3.8) is 0 Å². The number of Topliss-reactive ketones (excluding diaryl/α,β-unsaturated/α-hetero) is 1. The van der Waals surface area contributed by atoms with Gasteiger partial charge in [-0.15, -0.1) is 0 Å². The molecule has 1 N–H and O–H groups in total. The molecule has 0 aliphatic rings. The van der Waals surface area contributed by atoms with E-state index in [2.05, 4.69) is 10.1 Å². The van der Waals surface area contributed by atoms with Gasteiger partial charge in [-0.1, -0.05) is 0 Å². The summed E-state index contributed by atoms with van der Waals surface area (Å²) in [6, 6.07) is 7.57. The molecule has 0 aromatic heterocycles. The summed E-state index contributed by atoms with van der Waals surface area (Å²) in [7, 11) is 0. The maximum Gasteiger partial charge on any atom is 0.331 e. The lowest BCUT2D eigenvalue weighted by molar-refractivity contribution is -0.144. The van der Waals surface area contributed by atoms with E-state index in [1.807, 2.05) is 0 Å². The smallest absolute Gasteiger partial charge is 0.331 e. The average molecular weight is 274 g/mol. The topological polar surface area (TPSA) is 96.3 Å². The van der Waals surface area contributed by atoms with E-state index >= 15 is 0 Å². The largest absolute Gasteiger partial charge is 0.465 e. The third-order valence-electron chi connectivity index (χ3n) is 2.40. The molecule has 0 unspecified atom stereocenters. The van der Waals surface area contributed by atoms with Crippen molar-refractivity contribution in [2.75, 3.05) is 11.9 Å². The maximum absolute atomic E-state index is 12.0. The van der Waals surface area contributed by atoms with Gasteiger partial charge in [0.2, 0.25) is 11.8 Å². The molecule has 0 aliphatic carbocycles. The molecule has 20 heavy (non-hydrogen) atoms. The molecule has 6 nitrogen and oxygen atoms in total. The fraction of sp³-hybridized carbons (Fsp3) is 0.286. The second-order valence-corrected chi connectivity index (χ2v) is 3.94. The minimum absolute atomic E-state index is 0.103. The standard InChI is InChI=1S/C14H14N2O4/c1-3-20-14(19)12(8-15)13(18)10-4-6-11(7-5-10)16-9(2)17/h4-7,12H,3H2,1-2H3,(H,16,17)/t12-/m1/s1. The van der Waals surface area contributed by atoms with Gasteiger partial charge < -0.3 is 10.1 Å². The normalized spacial score (nSPS) is 11.1. The number of nitriles is 1. The molecule has 0 saturated heterocycles. The number of amides is 1. The molecule has 0 bridgehead atoms. The van der Waals surface area contributed by atoms with E-state index < -0.39 is 17.7 Å². The number of hydrogen-bond donors (Lipinski definition) is 1. The molecule has 6 heteroatoms. The Kier molecular flexibility index (Phi) is 5.42. The number of nitrogens with zero attached hydrogens (tertiary/aromatic N) is 1. The highest BCUT2D eigenvalue weighted by Crippen LogP contribution is 2.14. The Labute approximate surface area is 116 Å². The predicted octanol–water partition coefficient (Wildman–Crippen LogP) is 1.53. The molecule has 0 saturated carbocycles. The lowest BCUT2D eigenvalue weighted by Gasteiger charge is -2.08. The zero-order chi connectivity index (χ0) is 15.1. The van der Waals surface area contributed by atoms with Gasteiger partial charge in [-0.3, -0.25) is 14.4 Å². The first kappa shape index (κ1) is 15.4. The van der Waals surface area contributed by atoms with Crippen LogP contribution in [0, 0.1) is 17.2 Å². The number of carbonyl (C=O) groups excluding carboxylic acids is 3. The monoisotopic (exact) mass is 274 g/mol. The van der Waals surface area contributed by atoms with Crippen LogP contribution in [0.25, 0.3) is 0 Å². The van der Waals surface area contributed by atoms with Crippen molar-refractivity contribution in [2.45, 2.75) is 13.8 Å². The van der Waals surface area contributed by atoms with E-state index in [9.17, 15) is 14.4 Å². The molecule has 1 atom stereocenters. The summed E-state index contributed by atoms with van der Waals surface area (Å²) >= 11 is 0. The Balaban J connectivity index is 2.88. The van der Waals surface area contributed by atoms with Gasteiger partial charge in [-0.2, -0.15) is 5.26 Å². The van der Waals surface area contributed by atoms with Crippen molar-refractivity contribution < 1.29 is 19.1 Å². The maximum atomic E-state index is 12.0. The van der Waals surface area contributed by atoms with E-state index in [4.69, 9.17) is 5.26 Å². The van der Waals surface area contributed by atoms with Crippen LogP contribution in [-0.2, 0) is 14.3 Å². The Hall–Kier alpha value is -2.68. The number of carbonyl (C=O) groups is 3. The summed E-state index contributed by atoms with van der Waals surface area (Å²) in [6.45, 7) is 3.07. The molecular weight excluding hydrogens is 260 g/mol. The average Bonchev–Trinajstić information content (AvgIpc) is 2.40. The van der Waals surface area contributed by atoms with Crippen molar-refractivity contribution in [2.24, 2.45) is 5.92 Å². The minimum atomic E-state index is -1.47. The molecule has 104 valence electrons. The van der Waals surface area contributed by atoms with E-state index in [0.717, 1.165) is 0 Å². The van der Waals surface area contributed by atoms with Crippen molar-refractivity contribution in [1.29, 1.82) is 5.26 Å². The SMILES string of the molecule is CCOC(=O)[C@H](C#N)C(=O)c1ccc(NC(C)=O)cc1. The first-order valence-electron chi connectivity index (χ1n) is 5.97. The third kappa shape index (κ3) is 3.92. The van der Waals surface area contributed by atoms with Gasteiger partial charge in [0.1, 0.15) is 0 Å². The van der Waals surface area contributed by atoms with Crippen molar-refractivity contribution in [1.82, 2.24) is 0 Å². The number of esters is 1. The first-order chi connectivity index (χ1) is 9.49. The predicted molar refractivity (Wildman–Crippen MR) is 70.8 cm³/mol. The summed E-state index contributed by atoms with van der Waals surface area (Å²) in [5.41, 5.74) is 0.734. The lowest BCUT2D eigenvalue weighted by Crippen LogP contribution is -2.25. The van der Waals surface area contributed by atoms with Crippen LogP contribution < -0.4 is 5.32 Å². The summed E-state index contributed by atoms with van der Waals surface area (Å²) in [5, 5.41) is 11.5. The molecule has 0 radical (unpaired) electrons. The second kappa shape index (κ2) is 7.04. The number of anilines is 1. The lowest BCUT2D eigenvalue weighted by atomic mass is 9.99. The van der Waals surface area contributed by atoms with Crippen LogP contribution in [-0.4, -0.2) is 24.3 Å². The van der Waals surface area contributed by atoms with Gasteiger partial charge in [-0.25, -0.2) is 0 Å². The quantitative estimate of drug-likeness (QED) is 0.499. The fourth-order valence-corrected chi connectivity index (χ4v) is 1.53. The Morgan fingerprint density at radius 1 is 1.30 bits per heavy atom. The van der Waals surface area contributed by atoms with Crippen molar-refractivity contribution in [3.05, 3.63) is 29.8 Å². The first-order valence-corrected chi connectivity index (χ1v) is 5.97. The number of rotatable bonds is 5. The molecule has 0 aliphatic heterocycles. The molecule has 1 rings (SSSR count). The van der Waals surface area contributed by atoms with Crippen LogP contribution in [0.1, 0.15) is 24.2 Å². The minimum Gasteiger partial charge on any atom is -0.465 e. The zero-order valence-corrected chi connectivity index (χ0v) is 11.2. The number of hydrogen-bond acceptors (Lipinski definition) is 5. The van der Waals surface area contributed by atoms with Gasteiger partial charge in [0.15, 0.2) is 5.78 Å². The summed E-state index contributed by atoms with van der Waals surface area (Å²) < 4.78 is 4.67. The van der Waals surface area contributed by atoms with Gasteiger partial charge in [0, 0.05) is 18.2 Å². The van der Waals surface area contributed by atoms with Crippen LogP contribution >= 0.6 is 0 Å². The van der Waals surface area contributed by atoms with Crippen molar-refractivity contribution >= 4 is 23.3 Å². The second-order valence-electron chi connectivity index (χ2n) is 3.94. The van der Waals surface area contributed by atoms with E-state index in [1.165, 1.54) is 31.2 Å². The van der Waals surface area contributed by atoms with Gasteiger partial charge >= 0.3 is 5.97 Å². The molecule has 1 aromatic carbocycles. The van der Waals surface area contributed by atoms with Gasteiger partial charge in [0.25, 0.3) is 0 Å². The fourth-order valence-electron chi connectivity index (χ4n) is 1.53. The van der Waals surface area contributed by atoms with Crippen molar-refractivity contribution in [3.8, 4) is 6.07 Å². The molecule has 0 fully saturated rings. The van der Waals surface area contributed by atoms with Gasteiger partial charge in [0.05, 0.1) is 12.7 Å². The molecule has 1 aromatic rings. The molecule has 1 amide bonds. The van der Waals surface area contributed by atoms with Crippen LogP contribution in [0.15, 0.2) is 24.3 Å². The van der Waals surface area contributed by atoms with Crippen LogP contribution in [0.5, 0.6) is 0 Å². The summed E-state index contributed by atoms with van der Waals surface area (Å²) in [5.74, 6) is -3.18. The Morgan fingerprint density at radius 3 is 2.35 bits per heavy atom. The highest BCUT2D eigenvalue weighted by Gasteiger charge is 2.28. The van der Waals surface area contributed by atoms with E-state index in [-0.39, 0.29) is 18.1 Å². The van der Waals surface area contributed by atoms with Gasteiger partial charge in [-0.05, 0) is 31.2 Å². The Bertz CT molecular complexity index is 558. The number of ether oxygens (including phenoxy) is 1. The van der Waals surface area contributed by atoms with E-state index in [1.54, 1.807) is 13.0 Å². The number of nitrogens with one attached hydrogen (secondary N) is 1. The van der Waals surface area contributed by atoms with Crippen LogP contribution in [0.2, 0.25) is 0 Å². The van der Waals surface area contributed by atoms with Crippen LogP contribution in [0.3, 0.4) is 0 Å². The molecular formula is C14H14N2O4. The zero-order valence-electron chi connectivity index (χ0n) is 11.2. The van der Waals surface area contributed by atoms with Crippen LogP contribution in [0.4, 0.5) is 5.69 Å². The Morgan fingerprint density at radius 2 is 1.90 bits per heavy atom.